The highest BCUT2D eigenvalue weighted by Gasteiger charge is 2.37. The van der Waals surface area contributed by atoms with Crippen LogP contribution in [0.5, 0.6) is 0 Å². The standard InChI is InChI=1S/C23H37N3O4/c1-4-10-18(22(28)25-30)19(15-16(2)3)21(27)24-20-13-8-9-14-26(23(20)29)17-11-6-5-7-12-17/h6,11-12,16,18-20,30H,4-5,7-10,13-15H2,1-3H3,(H,24,27)(H,25,28)/t18?,19?,20-/m0/s1. The Morgan fingerprint density at radius 2 is 1.97 bits per heavy atom. The van der Waals surface area contributed by atoms with Gasteiger partial charge in [0, 0.05) is 18.2 Å². The summed E-state index contributed by atoms with van der Waals surface area (Å²) < 4.78 is 0. The van der Waals surface area contributed by atoms with Crippen molar-refractivity contribution in [2.24, 2.45) is 17.8 Å². The van der Waals surface area contributed by atoms with Crippen molar-refractivity contribution < 1.29 is 19.6 Å². The average Bonchev–Trinajstić information content (AvgIpc) is 2.92. The number of hydrogen-bond donors (Lipinski definition) is 3. The minimum atomic E-state index is -0.622. The molecule has 3 N–H and O–H groups in total. The van der Waals surface area contributed by atoms with Crippen LogP contribution in [0.2, 0.25) is 0 Å². The molecule has 7 nitrogen and oxygen atoms in total. The molecule has 0 spiro atoms. The number of nitrogens with one attached hydrogen (secondary N) is 2. The lowest BCUT2D eigenvalue weighted by Gasteiger charge is -2.30. The summed E-state index contributed by atoms with van der Waals surface area (Å²) in [6.07, 6.45) is 12.1. The number of nitrogens with zero attached hydrogens (tertiary/aromatic N) is 1. The third-order valence-electron chi connectivity index (χ3n) is 5.89. The van der Waals surface area contributed by atoms with E-state index in [-0.39, 0.29) is 17.7 Å². The van der Waals surface area contributed by atoms with Crippen LogP contribution in [-0.4, -0.2) is 40.4 Å². The van der Waals surface area contributed by atoms with Crippen LogP contribution in [0.15, 0.2) is 23.9 Å². The van der Waals surface area contributed by atoms with E-state index in [2.05, 4.69) is 17.5 Å². The maximum atomic E-state index is 13.3. The molecule has 3 amide bonds. The number of hydrogen-bond acceptors (Lipinski definition) is 4. The van der Waals surface area contributed by atoms with Crippen LogP contribution in [0.4, 0.5) is 0 Å². The van der Waals surface area contributed by atoms with Crippen molar-refractivity contribution in [1.29, 1.82) is 0 Å². The Labute approximate surface area is 179 Å². The first kappa shape index (κ1) is 24.1. The first-order chi connectivity index (χ1) is 14.4. The van der Waals surface area contributed by atoms with Gasteiger partial charge in [-0.15, -0.1) is 0 Å². The second-order valence-corrected chi connectivity index (χ2v) is 8.76. The number of hydroxylamine groups is 1. The molecule has 0 radical (unpaired) electrons. The Bertz CT molecular complexity index is 671. The van der Waals surface area contributed by atoms with E-state index in [1.807, 2.05) is 26.8 Å². The van der Waals surface area contributed by atoms with Gasteiger partial charge in [-0.3, -0.25) is 19.6 Å². The molecule has 0 aromatic heterocycles. The molecule has 0 bridgehead atoms. The monoisotopic (exact) mass is 419 g/mol. The maximum Gasteiger partial charge on any atom is 0.249 e. The normalized spacial score (nSPS) is 21.6. The van der Waals surface area contributed by atoms with Gasteiger partial charge < -0.3 is 10.2 Å². The van der Waals surface area contributed by atoms with Crippen LogP contribution in [0.25, 0.3) is 0 Å². The molecular formula is C23H37N3O4. The zero-order chi connectivity index (χ0) is 22.1. The van der Waals surface area contributed by atoms with Crippen LogP contribution in [0, 0.1) is 17.8 Å². The molecule has 0 saturated carbocycles. The summed E-state index contributed by atoms with van der Waals surface area (Å²) in [5.74, 6) is -1.91. The Hall–Kier alpha value is -2.15. The molecule has 7 heteroatoms. The van der Waals surface area contributed by atoms with Crippen molar-refractivity contribution in [3.63, 3.8) is 0 Å². The highest BCUT2D eigenvalue weighted by Crippen LogP contribution is 2.27. The van der Waals surface area contributed by atoms with Crippen LogP contribution in [0.3, 0.4) is 0 Å². The predicted molar refractivity (Wildman–Crippen MR) is 115 cm³/mol. The molecule has 2 unspecified atom stereocenters. The molecule has 1 saturated heterocycles. The molecule has 1 heterocycles. The summed E-state index contributed by atoms with van der Waals surface area (Å²) >= 11 is 0. The smallest absolute Gasteiger partial charge is 0.249 e. The molecule has 30 heavy (non-hydrogen) atoms. The van der Waals surface area contributed by atoms with E-state index in [1.165, 1.54) is 0 Å². The van der Waals surface area contributed by atoms with E-state index in [1.54, 1.807) is 10.4 Å². The molecule has 1 aliphatic carbocycles. The van der Waals surface area contributed by atoms with E-state index in [9.17, 15) is 19.6 Å². The summed E-state index contributed by atoms with van der Waals surface area (Å²) in [6, 6.07) is -0.592. The van der Waals surface area contributed by atoms with Crippen molar-refractivity contribution in [2.75, 3.05) is 6.54 Å². The number of carbonyl (C=O) groups is 3. The molecule has 2 aliphatic rings. The van der Waals surface area contributed by atoms with Gasteiger partial charge >= 0.3 is 0 Å². The SMILES string of the molecule is CCCC(C(=O)NO)C(CC(C)C)C(=O)N[C@H]1CCCCN(C2=CCCC=C2)C1=O. The quantitative estimate of drug-likeness (QED) is 0.394. The lowest BCUT2D eigenvalue weighted by Crippen LogP contribution is -2.51. The Morgan fingerprint density at radius 3 is 2.57 bits per heavy atom. The van der Waals surface area contributed by atoms with Gasteiger partial charge in [0.2, 0.25) is 17.7 Å². The van der Waals surface area contributed by atoms with Crippen LogP contribution in [-0.2, 0) is 14.4 Å². The molecular weight excluding hydrogens is 382 g/mol. The van der Waals surface area contributed by atoms with Crippen LogP contribution < -0.4 is 10.8 Å². The third kappa shape index (κ3) is 6.42. The van der Waals surface area contributed by atoms with Gasteiger partial charge in [0.15, 0.2) is 0 Å². The predicted octanol–water partition coefficient (Wildman–Crippen LogP) is 3.30. The lowest BCUT2D eigenvalue weighted by molar-refractivity contribution is -0.142. The first-order valence-electron chi connectivity index (χ1n) is 11.3. The minimum absolute atomic E-state index is 0.0828. The van der Waals surface area contributed by atoms with Crippen molar-refractivity contribution in [3.8, 4) is 0 Å². The second kappa shape index (κ2) is 11.9. The molecule has 1 fully saturated rings. The van der Waals surface area contributed by atoms with E-state index in [4.69, 9.17) is 0 Å². The highest BCUT2D eigenvalue weighted by molar-refractivity contribution is 5.92. The zero-order valence-electron chi connectivity index (χ0n) is 18.5. The van der Waals surface area contributed by atoms with Gasteiger partial charge in [-0.1, -0.05) is 39.3 Å². The Morgan fingerprint density at radius 1 is 1.20 bits per heavy atom. The molecule has 0 aromatic carbocycles. The number of likely N-dealkylation sites (tertiary alicyclic amines) is 1. The first-order valence-corrected chi connectivity index (χ1v) is 11.3. The number of carbonyl (C=O) groups excluding carboxylic acids is 3. The molecule has 0 aromatic rings. The largest absolute Gasteiger partial charge is 0.344 e. The fourth-order valence-electron chi connectivity index (χ4n) is 4.38. The molecule has 3 atom stereocenters. The van der Waals surface area contributed by atoms with E-state index < -0.39 is 23.8 Å². The zero-order valence-corrected chi connectivity index (χ0v) is 18.5. The molecule has 168 valence electrons. The van der Waals surface area contributed by atoms with E-state index >= 15 is 0 Å². The number of rotatable bonds is 9. The van der Waals surface area contributed by atoms with Gasteiger partial charge in [0.25, 0.3) is 0 Å². The Kier molecular flexibility index (Phi) is 9.56. The van der Waals surface area contributed by atoms with Crippen molar-refractivity contribution in [3.05, 3.63) is 23.9 Å². The fourth-order valence-corrected chi connectivity index (χ4v) is 4.38. The molecule has 2 rings (SSSR count). The van der Waals surface area contributed by atoms with Gasteiger partial charge in [-0.25, -0.2) is 5.48 Å². The van der Waals surface area contributed by atoms with Crippen molar-refractivity contribution in [1.82, 2.24) is 15.7 Å². The average molecular weight is 420 g/mol. The summed E-state index contributed by atoms with van der Waals surface area (Å²) in [5, 5.41) is 12.1. The second-order valence-electron chi connectivity index (χ2n) is 8.76. The maximum absolute atomic E-state index is 13.3. The summed E-state index contributed by atoms with van der Waals surface area (Å²) in [7, 11) is 0. The summed E-state index contributed by atoms with van der Waals surface area (Å²) in [6.45, 7) is 6.60. The number of allylic oxidation sites excluding steroid dienone is 3. The Balaban J connectivity index is 2.19. The number of amides is 3. The topological polar surface area (TPSA) is 98.7 Å². The van der Waals surface area contributed by atoms with Crippen LogP contribution in [0.1, 0.15) is 72.1 Å². The van der Waals surface area contributed by atoms with Crippen molar-refractivity contribution >= 4 is 17.7 Å². The summed E-state index contributed by atoms with van der Waals surface area (Å²) in [4.78, 5) is 40.5. The third-order valence-corrected chi connectivity index (χ3v) is 5.89. The molecule has 1 aliphatic heterocycles. The van der Waals surface area contributed by atoms with E-state index in [0.29, 0.717) is 25.8 Å². The van der Waals surface area contributed by atoms with Crippen LogP contribution >= 0.6 is 0 Å². The van der Waals surface area contributed by atoms with Crippen molar-refractivity contribution in [2.45, 2.75) is 78.2 Å². The fraction of sp³-hybridized carbons (Fsp3) is 0.696. The lowest BCUT2D eigenvalue weighted by atomic mass is 9.81. The van der Waals surface area contributed by atoms with E-state index in [0.717, 1.165) is 37.8 Å². The highest BCUT2D eigenvalue weighted by atomic mass is 16.5. The minimum Gasteiger partial charge on any atom is -0.344 e. The van der Waals surface area contributed by atoms with Gasteiger partial charge in [0.05, 0.1) is 5.92 Å². The van der Waals surface area contributed by atoms with Gasteiger partial charge in [-0.05, 0) is 56.9 Å². The van der Waals surface area contributed by atoms with Gasteiger partial charge in [-0.2, -0.15) is 0 Å². The van der Waals surface area contributed by atoms with Gasteiger partial charge in [0.1, 0.15) is 6.04 Å². The summed E-state index contributed by atoms with van der Waals surface area (Å²) in [5.41, 5.74) is 2.63.